The van der Waals surface area contributed by atoms with Gasteiger partial charge in [0.05, 0.1) is 26.2 Å². The molecule has 1 amide bonds. The number of carbonyl (C=O) groups is 2. The number of primary amides is 1. The van der Waals surface area contributed by atoms with Crippen LogP contribution in [0.3, 0.4) is 0 Å². The summed E-state index contributed by atoms with van der Waals surface area (Å²) in [5.74, 6) is -0.0114. The SMILES string of the molecule is CCCCn1c(C)c(C(N)=O)c(-c2ccc(OC)cc2)c1CCC(=O)OC. The number of carbonyl (C=O) groups excluding carboxylic acids is 2. The molecule has 0 radical (unpaired) electrons. The maximum absolute atomic E-state index is 12.3. The molecule has 2 aromatic rings. The van der Waals surface area contributed by atoms with E-state index in [-0.39, 0.29) is 12.4 Å². The van der Waals surface area contributed by atoms with E-state index in [1.807, 2.05) is 31.2 Å². The number of methoxy groups -OCH3 is 2. The topological polar surface area (TPSA) is 83.5 Å². The molecule has 1 aromatic carbocycles. The van der Waals surface area contributed by atoms with E-state index in [1.165, 1.54) is 7.11 Å². The Balaban J connectivity index is 2.64. The van der Waals surface area contributed by atoms with E-state index >= 15 is 0 Å². The Bertz CT molecular complexity index is 807. The quantitative estimate of drug-likeness (QED) is 0.683. The van der Waals surface area contributed by atoms with E-state index < -0.39 is 5.91 Å². The summed E-state index contributed by atoms with van der Waals surface area (Å²) < 4.78 is 12.1. The number of ether oxygens (including phenoxy) is 2. The molecule has 0 aliphatic carbocycles. The molecule has 0 saturated carbocycles. The third-order valence-electron chi connectivity index (χ3n) is 4.79. The summed E-state index contributed by atoms with van der Waals surface area (Å²) in [6.07, 6.45) is 2.72. The third kappa shape index (κ3) is 4.51. The van der Waals surface area contributed by atoms with Gasteiger partial charge in [0.1, 0.15) is 5.75 Å². The number of aromatic nitrogens is 1. The van der Waals surface area contributed by atoms with Gasteiger partial charge in [-0.05, 0) is 37.5 Å². The average Bonchev–Trinajstić information content (AvgIpc) is 2.96. The molecule has 27 heavy (non-hydrogen) atoms. The third-order valence-corrected chi connectivity index (χ3v) is 4.79. The Morgan fingerprint density at radius 3 is 2.33 bits per heavy atom. The fourth-order valence-corrected chi connectivity index (χ4v) is 3.37. The van der Waals surface area contributed by atoms with Crippen LogP contribution in [0.1, 0.15) is 47.9 Å². The molecule has 146 valence electrons. The molecule has 0 aliphatic rings. The number of amides is 1. The first-order valence-electron chi connectivity index (χ1n) is 9.17. The highest BCUT2D eigenvalue weighted by Gasteiger charge is 2.25. The van der Waals surface area contributed by atoms with E-state index in [2.05, 4.69) is 11.5 Å². The molecule has 0 spiro atoms. The van der Waals surface area contributed by atoms with Crippen molar-refractivity contribution in [3.63, 3.8) is 0 Å². The van der Waals surface area contributed by atoms with Crippen molar-refractivity contribution in [2.24, 2.45) is 5.73 Å². The normalized spacial score (nSPS) is 10.7. The molecule has 0 fully saturated rings. The molecule has 1 heterocycles. The van der Waals surface area contributed by atoms with Crippen molar-refractivity contribution < 1.29 is 19.1 Å². The van der Waals surface area contributed by atoms with Gasteiger partial charge in [-0.2, -0.15) is 0 Å². The number of unbranched alkanes of at least 4 members (excludes halogenated alkanes) is 1. The van der Waals surface area contributed by atoms with Crippen molar-refractivity contribution in [3.05, 3.63) is 41.2 Å². The second-order valence-electron chi connectivity index (χ2n) is 6.46. The first-order valence-corrected chi connectivity index (χ1v) is 9.17. The molecule has 0 unspecified atom stereocenters. The monoisotopic (exact) mass is 372 g/mol. The number of rotatable bonds is 9. The van der Waals surface area contributed by atoms with Crippen LogP contribution in [0.5, 0.6) is 5.75 Å². The smallest absolute Gasteiger partial charge is 0.305 e. The molecule has 0 atom stereocenters. The summed E-state index contributed by atoms with van der Waals surface area (Å²) in [6.45, 7) is 4.80. The second kappa shape index (κ2) is 9.26. The zero-order valence-electron chi connectivity index (χ0n) is 16.5. The van der Waals surface area contributed by atoms with E-state index in [0.717, 1.165) is 47.7 Å². The van der Waals surface area contributed by atoms with Crippen LogP contribution >= 0.6 is 0 Å². The van der Waals surface area contributed by atoms with Crippen molar-refractivity contribution >= 4 is 11.9 Å². The Labute approximate surface area is 160 Å². The summed E-state index contributed by atoms with van der Waals surface area (Å²) in [5.41, 5.74) is 9.69. The van der Waals surface area contributed by atoms with Crippen LogP contribution < -0.4 is 10.5 Å². The van der Waals surface area contributed by atoms with Gasteiger partial charge in [0.25, 0.3) is 5.91 Å². The number of nitrogens with zero attached hydrogens (tertiary/aromatic N) is 1. The number of benzene rings is 1. The van der Waals surface area contributed by atoms with E-state index in [9.17, 15) is 9.59 Å². The average molecular weight is 372 g/mol. The van der Waals surface area contributed by atoms with Gasteiger partial charge in [0, 0.05) is 23.5 Å². The van der Waals surface area contributed by atoms with Gasteiger partial charge >= 0.3 is 5.97 Å². The van der Waals surface area contributed by atoms with Gasteiger partial charge in [0.2, 0.25) is 0 Å². The Hall–Kier alpha value is -2.76. The predicted molar refractivity (Wildman–Crippen MR) is 105 cm³/mol. The molecule has 0 saturated heterocycles. The first kappa shape index (κ1) is 20.6. The lowest BCUT2D eigenvalue weighted by atomic mass is 9.98. The molecule has 6 nitrogen and oxygen atoms in total. The number of esters is 1. The molecule has 2 N–H and O–H groups in total. The standard InChI is InChI=1S/C21H28N2O4/c1-5-6-13-23-14(2)19(21(22)25)20(17(23)11-12-18(24)27-4)15-7-9-16(26-3)10-8-15/h7-10H,5-6,11-13H2,1-4H3,(H2,22,25). The molecule has 2 rings (SSSR count). The van der Waals surface area contributed by atoms with Crippen molar-refractivity contribution in [1.82, 2.24) is 4.57 Å². The maximum atomic E-state index is 12.3. The lowest BCUT2D eigenvalue weighted by Gasteiger charge is -2.13. The lowest BCUT2D eigenvalue weighted by molar-refractivity contribution is -0.140. The van der Waals surface area contributed by atoms with Gasteiger partial charge in [-0.3, -0.25) is 9.59 Å². The van der Waals surface area contributed by atoms with Crippen LogP contribution in [0.25, 0.3) is 11.1 Å². The predicted octanol–water partition coefficient (Wildman–Crippen LogP) is 3.48. The Kier molecular flexibility index (Phi) is 7.05. The number of nitrogens with two attached hydrogens (primary N) is 1. The van der Waals surface area contributed by atoms with Crippen LogP contribution in [0.15, 0.2) is 24.3 Å². The van der Waals surface area contributed by atoms with Crippen LogP contribution in [0.2, 0.25) is 0 Å². The Morgan fingerprint density at radius 1 is 1.15 bits per heavy atom. The molecule has 6 heteroatoms. The van der Waals surface area contributed by atoms with Crippen molar-refractivity contribution in [1.29, 1.82) is 0 Å². The zero-order valence-corrected chi connectivity index (χ0v) is 16.5. The van der Waals surface area contributed by atoms with Crippen LogP contribution in [0, 0.1) is 6.92 Å². The summed E-state index contributed by atoms with van der Waals surface area (Å²) in [7, 11) is 2.99. The molecular formula is C21H28N2O4. The van der Waals surface area contributed by atoms with E-state index in [1.54, 1.807) is 7.11 Å². The summed E-state index contributed by atoms with van der Waals surface area (Å²) in [5, 5.41) is 0. The first-order chi connectivity index (χ1) is 12.9. The highest BCUT2D eigenvalue weighted by molar-refractivity contribution is 6.02. The lowest BCUT2D eigenvalue weighted by Crippen LogP contribution is -2.13. The van der Waals surface area contributed by atoms with Crippen LogP contribution in [-0.4, -0.2) is 30.7 Å². The fraction of sp³-hybridized carbons (Fsp3) is 0.429. The minimum atomic E-state index is -0.465. The van der Waals surface area contributed by atoms with E-state index in [0.29, 0.717) is 12.0 Å². The van der Waals surface area contributed by atoms with Crippen molar-refractivity contribution in [2.45, 2.75) is 46.1 Å². The van der Waals surface area contributed by atoms with Crippen molar-refractivity contribution in [3.8, 4) is 16.9 Å². The van der Waals surface area contributed by atoms with Gasteiger partial charge in [-0.15, -0.1) is 0 Å². The molecule has 0 aliphatic heterocycles. The van der Waals surface area contributed by atoms with Gasteiger partial charge in [0.15, 0.2) is 0 Å². The molecule has 1 aromatic heterocycles. The Morgan fingerprint density at radius 2 is 1.81 bits per heavy atom. The summed E-state index contributed by atoms with van der Waals surface area (Å²) in [4.78, 5) is 24.0. The van der Waals surface area contributed by atoms with Gasteiger partial charge in [-0.1, -0.05) is 25.5 Å². The summed E-state index contributed by atoms with van der Waals surface area (Å²) in [6, 6.07) is 7.52. The van der Waals surface area contributed by atoms with Crippen molar-refractivity contribution in [2.75, 3.05) is 14.2 Å². The number of hydrogen-bond acceptors (Lipinski definition) is 4. The van der Waals surface area contributed by atoms with Gasteiger partial charge in [-0.25, -0.2) is 0 Å². The van der Waals surface area contributed by atoms with Gasteiger partial charge < -0.3 is 19.8 Å². The minimum Gasteiger partial charge on any atom is -0.497 e. The van der Waals surface area contributed by atoms with E-state index in [4.69, 9.17) is 15.2 Å². The highest BCUT2D eigenvalue weighted by Crippen LogP contribution is 2.35. The second-order valence-corrected chi connectivity index (χ2v) is 6.46. The number of hydrogen-bond donors (Lipinski definition) is 1. The molecular weight excluding hydrogens is 344 g/mol. The van der Waals surface area contributed by atoms with Crippen LogP contribution in [0.4, 0.5) is 0 Å². The highest BCUT2D eigenvalue weighted by atomic mass is 16.5. The minimum absolute atomic E-state index is 0.243. The van der Waals surface area contributed by atoms with Crippen LogP contribution in [-0.2, 0) is 22.5 Å². The fourth-order valence-electron chi connectivity index (χ4n) is 3.37. The largest absolute Gasteiger partial charge is 0.497 e. The summed E-state index contributed by atoms with van der Waals surface area (Å²) >= 11 is 0. The zero-order chi connectivity index (χ0) is 20.0. The molecule has 0 bridgehead atoms. The maximum Gasteiger partial charge on any atom is 0.305 e.